The highest BCUT2D eigenvalue weighted by Crippen LogP contribution is 2.21. The maximum absolute atomic E-state index is 10.9. The lowest BCUT2D eigenvalue weighted by atomic mass is 9.90. The molecule has 0 bridgehead atoms. The van der Waals surface area contributed by atoms with E-state index in [2.05, 4.69) is 31.1 Å². The summed E-state index contributed by atoms with van der Waals surface area (Å²) in [5.41, 5.74) is 0.803. The highest BCUT2D eigenvalue weighted by Gasteiger charge is 2.17. The normalized spacial score (nSPS) is 11.2. The fourth-order valence-corrected chi connectivity index (χ4v) is 1.18. The van der Waals surface area contributed by atoms with Crippen molar-refractivity contribution in [2.24, 2.45) is 5.41 Å². The third-order valence-electron chi connectivity index (χ3n) is 2.72. The van der Waals surface area contributed by atoms with Crippen LogP contribution in [0.2, 0.25) is 0 Å². The van der Waals surface area contributed by atoms with Gasteiger partial charge in [0.2, 0.25) is 0 Å². The van der Waals surface area contributed by atoms with E-state index >= 15 is 0 Å². The van der Waals surface area contributed by atoms with E-state index in [9.17, 15) is 4.79 Å². The van der Waals surface area contributed by atoms with Crippen LogP contribution in [-0.4, -0.2) is 22.6 Å². The fourth-order valence-electron chi connectivity index (χ4n) is 1.18. The van der Waals surface area contributed by atoms with E-state index in [1.165, 1.54) is 6.20 Å². The van der Waals surface area contributed by atoms with Crippen LogP contribution >= 0.6 is 0 Å². The molecule has 1 aromatic heterocycles. The second-order valence-corrected chi connectivity index (χ2v) is 4.58. The number of aromatic nitrogens is 1. The Morgan fingerprint density at radius 2 is 2.25 bits per heavy atom. The zero-order valence-corrected chi connectivity index (χ0v) is 9.95. The van der Waals surface area contributed by atoms with Gasteiger partial charge >= 0.3 is 5.97 Å². The van der Waals surface area contributed by atoms with Crippen molar-refractivity contribution in [1.29, 1.82) is 0 Å². The van der Waals surface area contributed by atoms with Crippen LogP contribution in [0.15, 0.2) is 18.3 Å². The number of pyridine rings is 1. The average Bonchev–Trinajstić information content (AvgIpc) is 2.27. The summed E-state index contributed by atoms with van der Waals surface area (Å²) in [4.78, 5) is 14.8. The van der Waals surface area contributed by atoms with Gasteiger partial charge in [0.15, 0.2) is 5.69 Å². The summed E-state index contributed by atoms with van der Waals surface area (Å²) in [6, 6.07) is 3.47. The topological polar surface area (TPSA) is 62.2 Å². The third kappa shape index (κ3) is 3.22. The first-order valence-electron chi connectivity index (χ1n) is 5.38. The van der Waals surface area contributed by atoms with Gasteiger partial charge in [-0.25, -0.2) is 9.78 Å². The van der Waals surface area contributed by atoms with Crippen molar-refractivity contribution >= 4 is 11.7 Å². The van der Waals surface area contributed by atoms with Gasteiger partial charge in [-0.3, -0.25) is 0 Å². The van der Waals surface area contributed by atoms with E-state index in [0.717, 1.165) is 13.0 Å². The molecule has 1 rings (SSSR count). The summed E-state index contributed by atoms with van der Waals surface area (Å²) in [6.07, 6.45) is 2.52. The minimum atomic E-state index is -1.00. The maximum atomic E-state index is 10.9. The number of aromatic carboxylic acids is 1. The number of nitrogens with zero attached hydrogens (tertiary/aromatic N) is 1. The highest BCUT2D eigenvalue weighted by molar-refractivity contribution is 5.91. The van der Waals surface area contributed by atoms with Crippen molar-refractivity contribution in [3.05, 3.63) is 24.0 Å². The smallest absolute Gasteiger partial charge is 0.356 e. The van der Waals surface area contributed by atoms with Crippen molar-refractivity contribution in [3.63, 3.8) is 0 Å². The van der Waals surface area contributed by atoms with Crippen LogP contribution in [0.3, 0.4) is 0 Å². The molecule has 0 aliphatic heterocycles. The van der Waals surface area contributed by atoms with E-state index in [1.807, 2.05) is 0 Å². The Morgan fingerprint density at radius 3 is 2.81 bits per heavy atom. The molecule has 0 radical (unpaired) electrons. The Bertz CT molecular complexity index is 375. The van der Waals surface area contributed by atoms with Crippen molar-refractivity contribution in [3.8, 4) is 0 Å². The molecule has 0 amide bonds. The largest absolute Gasteiger partial charge is 0.476 e. The second kappa shape index (κ2) is 4.96. The summed E-state index contributed by atoms with van der Waals surface area (Å²) >= 11 is 0. The van der Waals surface area contributed by atoms with Crippen LogP contribution in [-0.2, 0) is 0 Å². The lowest BCUT2D eigenvalue weighted by molar-refractivity contribution is 0.0691. The second-order valence-electron chi connectivity index (χ2n) is 4.58. The third-order valence-corrected chi connectivity index (χ3v) is 2.72. The summed E-state index contributed by atoms with van der Waals surface area (Å²) in [5, 5.41) is 12.1. The SMILES string of the molecule is CCC(C)(C)CNc1cccnc1C(=O)O. The Balaban J connectivity index is 2.78. The molecule has 0 unspecified atom stereocenters. The molecule has 0 saturated heterocycles. The van der Waals surface area contributed by atoms with Gasteiger partial charge in [-0.1, -0.05) is 20.8 Å². The molecular weight excluding hydrogens is 204 g/mol. The van der Waals surface area contributed by atoms with E-state index in [-0.39, 0.29) is 11.1 Å². The number of carbonyl (C=O) groups is 1. The van der Waals surface area contributed by atoms with Gasteiger partial charge < -0.3 is 10.4 Å². The van der Waals surface area contributed by atoms with Gasteiger partial charge in [-0.2, -0.15) is 0 Å². The minimum Gasteiger partial charge on any atom is -0.476 e. The maximum Gasteiger partial charge on any atom is 0.356 e. The summed E-state index contributed by atoms with van der Waals surface area (Å²) in [5.74, 6) is -1.00. The molecule has 0 saturated carbocycles. The molecule has 16 heavy (non-hydrogen) atoms. The van der Waals surface area contributed by atoms with E-state index in [4.69, 9.17) is 5.11 Å². The Labute approximate surface area is 95.7 Å². The first-order valence-corrected chi connectivity index (χ1v) is 5.38. The molecule has 2 N–H and O–H groups in total. The summed E-state index contributed by atoms with van der Waals surface area (Å²) < 4.78 is 0. The Hall–Kier alpha value is -1.58. The predicted octanol–water partition coefficient (Wildman–Crippen LogP) is 2.63. The van der Waals surface area contributed by atoms with Crippen molar-refractivity contribution in [1.82, 2.24) is 4.98 Å². The van der Waals surface area contributed by atoms with Crippen LogP contribution in [0.5, 0.6) is 0 Å². The highest BCUT2D eigenvalue weighted by atomic mass is 16.4. The van der Waals surface area contributed by atoms with Gasteiger partial charge in [-0.15, -0.1) is 0 Å². The molecule has 1 heterocycles. The van der Waals surface area contributed by atoms with Crippen molar-refractivity contribution in [2.75, 3.05) is 11.9 Å². The van der Waals surface area contributed by atoms with Gasteiger partial charge in [0.1, 0.15) is 0 Å². The quantitative estimate of drug-likeness (QED) is 0.804. The molecule has 88 valence electrons. The average molecular weight is 222 g/mol. The van der Waals surface area contributed by atoms with Crippen LogP contribution in [0.4, 0.5) is 5.69 Å². The van der Waals surface area contributed by atoms with E-state index < -0.39 is 5.97 Å². The molecular formula is C12H18N2O2. The number of carboxylic acids is 1. The molecule has 0 aliphatic rings. The van der Waals surface area contributed by atoms with Crippen LogP contribution in [0.1, 0.15) is 37.7 Å². The summed E-state index contributed by atoms with van der Waals surface area (Å²) in [6.45, 7) is 7.12. The lowest BCUT2D eigenvalue weighted by Crippen LogP contribution is -2.23. The van der Waals surface area contributed by atoms with Gasteiger partial charge in [0.25, 0.3) is 0 Å². The first-order chi connectivity index (χ1) is 7.46. The van der Waals surface area contributed by atoms with Gasteiger partial charge in [0.05, 0.1) is 5.69 Å². The molecule has 0 aliphatic carbocycles. The molecule has 0 aromatic carbocycles. The number of anilines is 1. The lowest BCUT2D eigenvalue weighted by Gasteiger charge is -2.23. The molecule has 0 fully saturated rings. The molecule has 4 heteroatoms. The minimum absolute atomic E-state index is 0.0782. The van der Waals surface area contributed by atoms with Gasteiger partial charge in [0, 0.05) is 12.7 Å². The monoisotopic (exact) mass is 222 g/mol. The number of hydrogen-bond acceptors (Lipinski definition) is 3. The number of rotatable bonds is 5. The van der Waals surface area contributed by atoms with E-state index in [0.29, 0.717) is 5.69 Å². The Morgan fingerprint density at radius 1 is 1.56 bits per heavy atom. The van der Waals surface area contributed by atoms with Crippen molar-refractivity contribution < 1.29 is 9.90 Å². The zero-order valence-electron chi connectivity index (χ0n) is 9.95. The number of nitrogens with one attached hydrogen (secondary N) is 1. The number of hydrogen-bond donors (Lipinski definition) is 2. The zero-order chi connectivity index (χ0) is 12.2. The Kier molecular flexibility index (Phi) is 3.88. The predicted molar refractivity (Wildman–Crippen MR) is 63.8 cm³/mol. The molecule has 0 spiro atoms. The fraction of sp³-hybridized carbons (Fsp3) is 0.500. The number of carboxylic acid groups (broad SMARTS) is 1. The molecule has 4 nitrogen and oxygen atoms in total. The standard InChI is InChI=1S/C12H18N2O2/c1-4-12(2,3)8-14-9-6-5-7-13-10(9)11(15)16/h5-7,14H,4,8H2,1-3H3,(H,15,16). The van der Waals surface area contributed by atoms with Crippen molar-refractivity contribution in [2.45, 2.75) is 27.2 Å². The van der Waals surface area contributed by atoms with Crippen LogP contribution in [0, 0.1) is 5.41 Å². The van der Waals surface area contributed by atoms with Crippen LogP contribution in [0.25, 0.3) is 0 Å². The first kappa shape index (κ1) is 12.5. The molecule has 0 atom stereocenters. The van der Waals surface area contributed by atoms with E-state index in [1.54, 1.807) is 12.1 Å². The summed E-state index contributed by atoms with van der Waals surface area (Å²) in [7, 11) is 0. The molecule has 1 aromatic rings. The van der Waals surface area contributed by atoms with Crippen LogP contribution < -0.4 is 5.32 Å². The van der Waals surface area contributed by atoms with Gasteiger partial charge in [-0.05, 0) is 24.0 Å².